The van der Waals surface area contributed by atoms with Crippen LogP contribution in [0, 0.1) is 20.2 Å². The number of carbonyl (C=O) groups is 2. The number of hydrazine groups is 1. The second-order valence-electron chi connectivity index (χ2n) is 7.10. The molecule has 34 heavy (non-hydrogen) atoms. The molecule has 0 unspecified atom stereocenters. The number of carbonyl (C=O) groups excluding carboxylic acids is 2. The highest BCUT2D eigenvalue weighted by atomic mass is 16.6. The van der Waals surface area contributed by atoms with E-state index in [0.29, 0.717) is 31.7 Å². The minimum absolute atomic E-state index is 0.0515. The maximum Gasteiger partial charge on any atom is 0.409 e. The highest BCUT2D eigenvalue weighted by Crippen LogP contribution is 2.32. The Morgan fingerprint density at radius 1 is 1.06 bits per heavy atom. The number of nitrogens with zero attached hydrogens (tertiary/aromatic N) is 6. The Morgan fingerprint density at radius 3 is 2.32 bits per heavy atom. The van der Waals surface area contributed by atoms with Gasteiger partial charge in [0.05, 0.1) is 22.9 Å². The van der Waals surface area contributed by atoms with Crippen LogP contribution in [-0.2, 0) is 16.0 Å². The molecule has 0 bridgehead atoms. The molecular weight excluding hydrogens is 452 g/mol. The lowest BCUT2D eigenvalue weighted by molar-refractivity contribution is -0.384. The van der Waals surface area contributed by atoms with Crippen LogP contribution >= 0.6 is 0 Å². The van der Waals surface area contributed by atoms with E-state index >= 15 is 0 Å². The molecule has 2 amide bonds. The predicted octanol–water partition coefficient (Wildman–Crippen LogP) is 1.26. The zero-order chi connectivity index (χ0) is 24.7. The van der Waals surface area contributed by atoms with Gasteiger partial charge in [-0.2, -0.15) is 0 Å². The van der Waals surface area contributed by atoms with Gasteiger partial charge in [-0.3, -0.25) is 35.9 Å². The van der Waals surface area contributed by atoms with Crippen LogP contribution in [0.4, 0.5) is 27.8 Å². The van der Waals surface area contributed by atoms with E-state index in [2.05, 4.69) is 20.8 Å². The van der Waals surface area contributed by atoms with Crippen molar-refractivity contribution in [2.75, 3.05) is 43.1 Å². The number of ether oxygens (including phenoxy) is 1. The van der Waals surface area contributed by atoms with Crippen molar-refractivity contribution in [2.45, 2.75) is 13.3 Å². The Labute approximate surface area is 193 Å². The van der Waals surface area contributed by atoms with Gasteiger partial charge in [-0.25, -0.2) is 14.8 Å². The molecule has 0 atom stereocenters. The van der Waals surface area contributed by atoms with Crippen molar-refractivity contribution < 1.29 is 24.2 Å². The van der Waals surface area contributed by atoms with Gasteiger partial charge in [-0.05, 0) is 12.5 Å². The summed E-state index contributed by atoms with van der Waals surface area (Å²) in [6, 6.07) is 5.44. The summed E-state index contributed by atoms with van der Waals surface area (Å²) >= 11 is 0. The number of non-ortho nitro benzene ring substituents is 1. The maximum absolute atomic E-state index is 12.2. The minimum Gasteiger partial charge on any atom is -0.450 e. The van der Waals surface area contributed by atoms with E-state index in [9.17, 15) is 29.8 Å². The number of piperazine rings is 1. The highest BCUT2D eigenvalue weighted by Gasteiger charge is 2.30. The van der Waals surface area contributed by atoms with Gasteiger partial charge in [0, 0.05) is 38.3 Å². The fraction of sp³-hybridized carbons (Fsp3) is 0.368. The summed E-state index contributed by atoms with van der Waals surface area (Å²) in [5, 5.41) is 22.5. The lowest BCUT2D eigenvalue weighted by Gasteiger charge is -2.34. The lowest BCUT2D eigenvalue weighted by Crippen LogP contribution is -2.49. The molecule has 15 nitrogen and oxygen atoms in total. The molecular formula is C19H22N8O7. The zero-order valence-corrected chi connectivity index (χ0v) is 18.2. The van der Waals surface area contributed by atoms with Gasteiger partial charge in [-0.1, -0.05) is 12.1 Å². The number of nitro groups is 2. The second kappa shape index (κ2) is 10.8. The van der Waals surface area contributed by atoms with E-state index < -0.39 is 27.5 Å². The van der Waals surface area contributed by atoms with Gasteiger partial charge >= 0.3 is 11.8 Å². The monoisotopic (exact) mass is 474 g/mol. The number of hydrogen-bond acceptors (Lipinski definition) is 11. The SMILES string of the molecule is CCOC(=O)N1CCN(c2ncnc(NNC(=O)Cc3ccc([N+](=O)[O-])cc3)c2[N+](=O)[O-])CC1. The molecule has 15 heteroatoms. The van der Waals surface area contributed by atoms with Gasteiger partial charge in [0.2, 0.25) is 17.5 Å². The fourth-order valence-corrected chi connectivity index (χ4v) is 3.27. The first-order chi connectivity index (χ1) is 16.3. The Morgan fingerprint density at radius 2 is 1.74 bits per heavy atom. The van der Waals surface area contributed by atoms with Crippen LogP contribution in [0.15, 0.2) is 30.6 Å². The topological polar surface area (TPSA) is 186 Å². The van der Waals surface area contributed by atoms with Crippen molar-refractivity contribution in [1.29, 1.82) is 0 Å². The van der Waals surface area contributed by atoms with Gasteiger partial charge < -0.3 is 14.5 Å². The number of hydrogen-bond donors (Lipinski definition) is 2. The molecule has 2 heterocycles. The van der Waals surface area contributed by atoms with Crippen molar-refractivity contribution in [1.82, 2.24) is 20.3 Å². The van der Waals surface area contributed by atoms with Crippen molar-refractivity contribution in [3.05, 3.63) is 56.4 Å². The normalized spacial score (nSPS) is 13.2. The maximum atomic E-state index is 12.2. The van der Waals surface area contributed by atoms with Crippen LogP contribution in [0.5, 0.6) is 0 Å². The van der Waals surface area contributed by atoms with Crippen LogP contribution in [0.25, 0.3) is 0 Å². The average molecular weight is 474 g/mol. The standard InChI is InChI=1S/C19H22N8O7/c1-2-34-19(29)25-9-7-24(8-10-25)18-16(27(32)33)17(20-12-21-18)23-22-15(28)11-13-3-5-14(6-4-13)26(30)31/h3-6,12H,2,7-11H2,1H3,(H,22,28)(H,20,21,23). The van der Waals surface area contributed by atoms with E-state index in [1.54, 1.807) is 11.8 Å². The van der Waals surface area contributed by atoms with E-state index in [0.717, 1.165) is 6.33 Å². The summed E-state index contributed by atoms with van der Waals surface area (Å²) in [5.41, 5.74) is 4.78. The second-order valence-corrected chi connectivity index (χ2v) is 7.10. The number of anilines is 2. The molecule has 3 rings (SSSR count). The number of nitrogens with one attached hydrogen (secondary N) is 2. The summed E-state index contributed by atoms with van der Waals surface area (Å²) in [4.78, 5) is 56.5. The lowest BCUT2D eigenvalue weighted by atomic mass is 10.1. The van der Waals surface area contributed by atoms with Crippen molar-refractivity contribution >= 4 is 35.0 Å². The Kier molecular flexibility index (Phi) is 7.68. The molecule has 1 aliphatic heterocycles. The molecule has 1 aromatic carbocycles. The van der Waals surface area contributed by atoms with Gasteiger partial charge in [-0.15, -0.1) is 0 Å². The van der Waals surface area contributed by atoms with Crippen LogP contribution < -0.4 is 15.8 Å². The molecule has 0 saturated carbocycles. The van der Waals surface area contributed by atoms with Gasteiger partial charge in [0.25, 0.3) is 5.69 Å². The smallest absolute Gasteiger partial charge is 0.409 e. The summed E-state index contributed by atoms with van der Waals surface area (Å²) in [6.07, 6.45) is 0.565. The van der Waals surface area contributed by atoms with Gasteiger partial charge in [0.15, 0.2) is 0 Å². The Balaban J connectivity index is 1.66. The number of aromatic nitrogens is 2. The average Bonchev–Trinajstić information content (AvgIpc) is 2.83. The molecule has 0 aliphatic carbocycles. The minimum atomic E-state index is -0.655. The van der Waals surface area contributed by atoms with Crippen LogP contribution in [0.3, 0.4) is 0 Å². The Bertz CT molecular complexity index is 1070. The van der Waals surface area contributed by atoms with E-state index in [4.69, 9.17) is 4.74 Å². The summed E-state index contributed by atoms with van der Waals surface area (Å²) in [6.45, 7) is 3.15. The third-order valence-electron chi connectivity index (χ3n) is 4.92. The Hall–Kier alpha value is -4.56. The third kappa shape index (κ3) is 5.81. The summed E-state index contributed by atoms with van der Waals surface area (Å²) < 4.78 is 4.97. The van der Waals surface area contributed by atoms with Crippen LogP contribution in [-0.4, -0.2) is 69.5 Å². The van der Waals surface area contributed by atoms with Crippen molar-refractivity contribution in [3.63, 3.8) is 0 Å². The van der Waals surface area contributed by atoms with Crippen LogP contribution in [0.1, 0.15) is 12.5 Å². The fourth-order valence-electron chi connectivity index (χ4n) is 3.27. The highest BCUT2D eigenvalue weighted by molar-refractivity contribution is 5.81. The van der Waals surface area contributed by atoms with E-state index in [-0.39, 0.29) is 30.4 Å². The largest absolute Gasteiger partial charge is 0.450 e. The van der Waals surface area contributed by atoms with Gasteiger partial charge in [0.1, 0.15) is 6.33 Å². The molecule has 1 fully saturated rings. The molecule has 0 spiro atoms. The number of amides is 2. The third-order valence-corrected chi connectivity index (χ3v) is 4.92. The first-order valence-corrected chi connectivity index (χ1v) is 10.2. The van der Waals surface area contributed by atoms with Crippen molar-refractivity contribution in [3.8, 4) is 0 Å². The molecule has 1 aliphatic rings. The van der Waals surface area contributed by atoms with E-state index in [1.807, 2.05) is 0 Å². The predicted molar refractivity (Wildman–Crippen MR) is 118 cm³/mol. The summed E-state index contributed by atoms with van der Waals surface area (Å²) in [7, 11) is 0. The molecule has 2 N–H and O–H groups in total. The zero-order valence-electron chi connectivity index (χ0n) is 18.2. The molecule has 1 saturated heterocycles. The number of benzene rings is 1. The molecule has 1 aromatic heterocycles. The summed E-state index contributed by atoms with van der Waals surface area (Å²) in [5.74, 6) is -0.693. The molecule has 2 aromatic rings. The quantitative estimate of drug-likeness (QED) is 0.414. The molecule has 180 valence electrons. The van der Waals surface area contributed by atoms with Crippen molar-refractivity contribution in [2.24, 2.45) is 0 Å². The van der Waals surface area contributed by atoms with Crippen LogP contribution in [0.2, 0.25) is 0 Å². The first kappa shape index (κ1) is 24.1. The first-order valence-electron chi connectivity index (χ1n) is 10.2. The molecule has 0 radical (unpaired) electrons. The number of rotatable bonds is 8. The van der Waals surface area contributed by atoms with E-state index in [1.165, 1.54) is 29.2 Å². The number of nitro benzene ring substituents is 1.